The van der Waals surface area contributed by atoms with Crippen molar-refractivity contribution in [2.24, 2.45) is 0 Å². The van der Waals surface area contributed by atoms with Crippen molar-refractivity contribution >= 4 is 38.6 Å². The zero-order valence-electron chi connectivity index (χ0n) is 14.4. The van der Waals surface area contributed by atoms with Crippen molar-refractivity contribution in [3.63, 3.8) is 0 Å². The smallest absolute Gasteiger partial charge is 0.258 e. The third-order valence-corrected chi connectivity index (χ3v) is 6.01. The Bertz CT molecular complexity index is 1160. The summed E-state index contributed by atoms with van der Waals surface area (Å²) in [5.74, 6) is -2.82. The molecule has 10 heteroatoms. The van der Waals surface area contributed by atoms with Crippen LogP contribution >= 0.6 is 0 Å². The number of hydrogen-bond acceptors (Lipinski definition) is 5. The lowest BCUT2D eigenvalue weighted by Gasteiger charge is -2.12. The van der Waals surface area contributed by atoms with Crippen molar-refractivity contribution in [3.05, 3.63) is 53.6 Å². The number of halogens is 2. The van der Waals surface area contributed by atoms with Gasteiger partial charge in [-0.05, 0) is 44.2 Å². The van der Waals surface area contributed by atoms with Crippen LogP contribution in [0.5, 0.6) is 0 Å². The molecule has 0 radical (unpaired) electrons. The van der Waals surface area contributed by atoms with Crippen molar-refractivity contribution in [1.82, 2.24) is 8.96 Å². The number of amides is 1. The molecule has 0 fully saturated rings. The standard InChI is InChI=1S/C17H16F2N4O3S/c1-9(2)27(25,26)23-15-8-11(4-6-14(15)22-17(23)20)21-16(24)12-5-3-10(18)7-13(12)19/h3-9H,1-2H3,(H2,20,22)(H,21,24). The average Bonchev–Trinajstić information content (AvgIpc) is 2.90. The van der Waals surface area contributed by atoms with Gasteiger partial charge in [-0.3, -0.25) is 4.79 Å². The van der Waals surface area contributed by atoms with Crippen LogP contribution in [-0.4, -0.2) is 28.5 Å². The largest absolute Gasteiger partial charge is 0.368 e. The molecule has 0 bridgehead atoms. The van der Waals surface area contributed by atoms with Gasteiger partial charge in [0.05, 0.1) is 21.8 Å². The second kappa shape index (κ2) is 6.62. The van der Waals surface area contributed by atoms with Crippen molar-refractivity contribution in [3.8, 4) is 0 Å². The normalized spacial score (nSPS) is 11.9. The van der Waals surface area contributed by atoms with Crippen LogP contribution in [-0.2, 0) is 10.0 Å². The molecular weight excluding hydrogens is 378 g/mol. The SMILES string of the molecule is CC(C)S(=O)(=O)n1c(N)nc2ccc(NC(=O)c3ccc(F)cc3F)cc21. The average molecular weight is 394 g/mol. The Morgan fingerprint density at radius 1 is 1.19 bits per heavy atom. The minimum Gasteiger partial charge on any atom is -0.368 e. The van der Waals surface area contributed by atoms with Crippen LogP contribution < -0.4 is 11.1 Å². The number of nitrogens with two attached hydrogens (primary N) is 1. The van der Waals surface area contributed by atoms with Crippen molar-refractivity contribution < 1.29 is 22.0 Å². The monoisotopic (exact) mass is 394 g/mol. The van der Waals surface area contributed by atoms with Gasteiger partial charge in [-0.1, -0.05) is 0 Å². The number of nitrogens with one attached hydrogen (secondary N) is 1. The maximum atomic E-state index is 13.8. The van der Waals surface area contributed by atoms with Crippen LogP contribution in [0.3, 0.4) is 0 Å². The topological polar surface area (TPSA) is 107 Å². The van der Waals surface area contributed by atoms with Crippen LogP contribution in [0, 0.1) is 11.6 Å². The Morgan fingerprint density at radius 3 is 2.52 bits per heavy atom. The number of carbonyl (C=O) groups excluding carboxylic acids is 1. The first-order valence-corrected chi connectivity index (χ1v) is 9.40. The molecule has 142 valence electrons. The van der Waals surface area contributed by atoms with Gasteiger partial charge in [0.25, 0.3) is 5.91 Å². The first kappa shape index (κ1) is 18.8. The van der Waals surface area contributed by atoms with Gasteiger partial charge in [0.1, 0.15) is 11.6 Å². The summed E-state index contributed by atoms with van der Waals surface area (Å²) in [4.78, 5) is 16.2. The van der Waals surface area contributed by atoms with E-state index in [-0.39, 0.29) is 22.7 Å². The number of nitrogen functional groups attached to an aromatic ring is 1. The van der Waals surface area contributed by atoms with Gasteiger partial charge in [-0.25, -0.2) is 26.2 Å². The molecule has 7 nitrogen and oxygen atoms in total. The summed E-state index contributed by atoms with van der Waals surface area (Å²) < 4.78 is 52.7. The highest BCUT2D eigenvalue weighted by Crippen LogP contribution is 2.25. The molecule has 1 heterocycles. The molecule has 1 amide bonds. The molecule has 0 unspecified atom stereocenters. The fourth-order valence-electron chi connectivity index (χ4n) is 2.50. The second-order valence-electron chi connectivity index (χ2n) is 6.11. The van der Waals surface area contributed by atoms with Gasteiger partial charge in [-0.15, -0.1) is 0 Å². The molecule has 27 heavy (non-hydrogen) atoms. The molecule has 1 aromatic heterocycles. The number of carbonyl (C=O) groups is 1. The molecule has 2 aromatic carbocycles. The lowest BCUT2D eigenvalue weighted by molar-refractivity contribution is 0.102. The fourth-order valence-corrected chi connectivity index (χ4v) is 3.64. The Labute approximate surface area is 153 Å². The summed E-state index contributed by atoms with van der Waals surface area (Å²) in [7, 11) is -3.78. The Kier molecular flexibility index (Phi) is 4.60. The predicted molar refractivity (Wildman–Crippen MR) is 97.9 cm³/mol. The van der Waals surface area contributed by atoms with E-state index in [1.807, 2.05) is 0 Å². The Balaban J connectivity index is 2.03. The van der Waals surface area contributed by atoms with E-state index >= 15 is 0 Å². The molecule has 0 aliphatic heterocycles. The fraction of sp³-hybridized carbons (Fsp3) is 0.176. The van der Waals surface area contributed by atoms with E-state index in [9.17, 15) is 22.0 Å². The van der Waals surface area contributed by atoms with E-state index in [2.05, 4.69) is 10.3 Å². The van der Waals surface area contributed by atoms with E-state index < -0.39 is 32.8 Å². The summed E-state index contributed by atoms with van der Waals surface area (Å²) in [5, 5.41) is 1.70. The maximum absolute atomic E-state index is 13.8. The van der Waals surface area contributed by atoms with E-state index in [1.165, 1.54) is 32.0 Å². The highest BCUT2D eigenvalue weighted by atomic mass is 32.2. The highest BCUT2D eigenvalue weighted by Gasteiger charge is 2.24. The predicted octanol–water partition coefficient (Wildman–Crippen LogP) is 2.74. The van der Waals surface area contributed by atoms with E-state index in [0.717, 1.165) is 16.1 Å². The van der Waals surface area contributed by atoms with Gasteiger partial charge in [0.15, 0.2) is 0 Å². The van der Waals surface area contributed by atoms with Crippen LogP contribution in [0.25, 0.3) is 11.0 Å². The van der Waals surface area contributed by atoms with Gasteiger partial charge < -0.3 is 11.1 Å². The minimum atomic E-state index is -3.78. The van der Waals surface area contributed by atoms with Crippen LogP contribution in [0.2, 0.25) is 0 Å². The number of imidazole rings is 1. The maximum Gasteiger partial charge on any atom is 0.258 e. The molecule has 0 saturated heterocycles. The molecule has 3 aromatic rings. The zero-order valence-corrected chi connectivity index (χ0v) is 15.2. The molecule has 0 spiro atoms. The highest BCUT2D eigenvalue weighted by molar-refractivity contribution is 7.90. The number of rotatable bonds is 4. The number of benzene rings is 2. The number of fused-ring (bicyclic) bond motifs is 1. The summed E-state index contributed by atoms with van der Waals surface area (Å²) in [5.41, 5.74) is 6.11. The summed E-state index contributed by atoms with van der Waals surface area (Å²) in [6.07, 6.45) is 0. The van der Waals surface area contributed by atoms with Gasteiger partial charge in [0.2, 0.25) is 16.0 Å². The summed E-state index contributed by atoms with van der Waals surface area (Å²) >= 11 is 0. The van der Waals surface area contributed by atoms with Crippen LogP contribution in [0.1, 0.15) is 24.2 Å². The number of nitrogens with zero attached hydrogens (tertiary/aromatic N) is 2. The van der Waals surface area contributed by atoms with Gasteiger partial charge in [-0.2, -0.15) is 0 Å². The van der Waals surface area contributed by atoms with Crippen molar-refractivity contribution in [2.75, 3.05) is 11.1 Å². The van der Waals surface area contributed by atoms with Gasteiger partial charge in [0, 0.05) is 11.8 Å². The number of aromatic nitrogens is 2. The lowest BCUT2D eigenvalue weighted by atomic mass is 10.2. The Morgan fingerprint density at radius 2 is 1.89 bits per heavy atom. The minimum absolute atomic E-state index is 0.179. The molecular formula is C17H16F2N4O3S. The molecule has 0 atom stereocenters. The summed E-state index contributed by atoms with van der Waals surface area (Å²) in [6, 6.07) is 6.91. The lowest BCUT2D eigenvalue weighted by Crippen LogP contribution is -2.23. The summed E-state index contributed by atoms with van der Waals surface area (Å²) in [6.45, 7) is 3.01. The van der Waals surface area contributed by atoms with E-state index in [0.29, 0.717) is 11.6 Å². The van der Waals surface area contributed by atoms with Crippen molar-refractivity contribution in [2.45, 2.75) is 19.1 Å². The number of anilines is 2. The molecule has 3 rings (SSSR count). The van der Waals surface area contributed by atoms with Crippen LogP contribution in [0.4, 0.5) is 20.4 Å². The third-order valence-electron chi connectivity index (χ3n) is 3.92. The molecule has 3 N–H and O–H groups in total. The van der Waals surface area contributed by atoms with Crippen molar-refractivity contribution in [1.29, 1.82) is 0 Å². The molecule has 0 saturated carbocycles. The molecule has 0 aliphatic carbocycles. The third kappa shape index (κ3) is 3.35. The quantitative estimate of drug-likeness (QED) is 0.708. The Hall–Kier alpha value is -3.01. The van der Waals surface area contributed by atoms with E-state index in [4.69, 9.17) is 5.73 Å². The molecule has 0 aliphatic rings. The zero-order chi connectivity index (χ0) is 19.9. The van der Waals surface area contributed by atoms with E-state index in [1.54, 1.807) is 0 Å². The number of hydrogen-bond donors (Lipinski definition) is 2. The first-order valence-electron chi connectivity index (χ1n) is 7.90. The van der Waals surface area contributed by atoms with Crippen LogP contribution in [0.15, 0.2) is 36.4 Å². The first-order chi connectivity index (χ1) is 12.6. The second-order valence-corrected chi connectivity index (χ2v) is 8.45. The van der Waals surface area contributed by atoms with Gasteiger partial charge >= 0.3 is 0 Å².